The highest BCUT2D eigenvalue weighted by Gasteiger charge is 2.46. The fraction of sp³-hybridized carbons (Fsp3) is 0.366. The summed E-state index contributed by atoms with van der Waals surface area (Å²) < 4.78 is 47.8. The van der Waals surface area contributed by atoms with Crippen molar-refractivity contribution < 1.29 is 47.5 Å². The Balaban J connectivity index is 1.31. The van der Waals surface area contributed by atoms with Crippen molar-refractivity contribution in [1.82, 2.24) is 0 Å². The third-order valence-electron chi connectivity index (χ3n) is 8.51. The smallest absolute Gasteiger partial charge is 0.343 e. The number of rotatable bonds is 18. The van der Waals surface area contributed by atoms with Gasteiger partial charge in [-0.1, -0.05) is 91.0 Å². The van der Waals surface area contributed by atoms with Crippen molar-refractivity contribution in [2.75, 3.05) is 27.4 Å². The lowest BCUT2D eigenvalue weighted by atomic mass is 9.92. The van der Waals surface area contributed by atoms with Gasteiger partial charge in [-0.2, -0.15) is 0 Å². The average molecular weight is 699 g/mol. The average Bonchev–Trinajstić information content (AvgIpc) is 3.17. The van der Waals surface area contributed by atoms with Gasteiger partial charge in [-0.25, -0.2) is 9.59 Å². The van der Waals surface area contributed by atoms with Gasteiger partial charge in [0, 0.05) is 6.07 Å². The van der Waals surface area contributed by atoms with E-state index in [0.29, 0.717) is 45.0 Å². The van der Waals surface area contributed by atoms with Crippen LogP contribution in [-0.4, -0.2) is 69.9 Å². The van der Waals surface area contributed by atoms with Gasteiger partial charge in [0.25, 0.3) is 0 Å². The van der Waals surface area contributed by atoms with Crippen molar-refractivity contribution in [3.63, 3.8) is 0 Å². The molecule has 0 radical (unpaired) electrons. The van der Waals surface area contributed by atoms with Crippen LogP contribution < -0.4 is 9.47 Å². The van der Waals surface area contributed by atoms with Crippen molar-refractivity contribution in [3.05, 3.63) is 131 Å². The number of esters is 2. The summed E-state index contributed by atoms with van der Waals surface area (Å²) >= 11 is 0. The van der Waals surface area contributed by atoms with Gasteiger partial charge in [-0.05, 0) is 48.6 Å². The zero-order valence-electron chi connectivity index (χ0n) is 29.3. The number of hydrogen-bond acceptors (Lipinski definition) is 10. The molecule has 0 unspecified atom stereocenters. The molecule has 51 heavy (non-hydrogen) atoms. The number of hydrogen-bond donors (Lipinski definition) is 0. The molecule has 0 spiro atoms. The van der Waals surface area contributed by atoms with E-state index >= 15 is 0 Å². The maximum atomic E-state index is 12.3. The number of methoxy groups -OCH3 is 2. The fourth-order valence-electron chi connectivity index (χ4n) is 5.90. The molecule has 1 aliphatic heterocycles. The molecule has 10 nitrogen and oxygen atoms in total. The summed E-state index contributed by atoms with van der Waals surface area (Å²) in [5, 5.41) is 0. The molecule has 0 aliphatic carbocycles. The fourth-order valence-corrected chi connectivity index (χ4v) is 5.90. The standard InChI is InChI=1S/C41H46O10/c1-29-38(48-25-30-14-7-4-8-15-30)40(50-27-32-18-11-6-12-19-32)39(49-26-31-16-9-5-10-17-31)36(51-29)20-13-21-46-34-22-33(41(43)45-3)23-35(24-34)47-28-37(42)44-2/h4-12,14-19,22-24,29,36,38-40H,13,20-21,25-28H2,1-3H3/t29-,36-,38+,39+,40+/m0/s1. The molecule has 10 heteroatoms. The summed E-state index contributed by atoms with van der Waals surface area (Å²) in [7, 11) is 2.56. The zero-order chi connectivity index (χ0) is 35.8. The van der Waals surface area contributed by atoms with E-state index in [1.54, 1.807) is 12.1 Å². The molecule has 0 bridgehead atoms. The van der Waals surface area contributed by atoms with Gasteiger partial charge in [0.2, 0.25) is 0 Å². The Morgan fingerprint density at radius 2 is 1.14 bits per heavy atom. The van der Waals surface area contributed by atoms with Gasteiger partial charge < -0.3 is 37.9 Å². The third-order valence-corrected chi connectivity index (χ3v) is 8.51. The lowest BCUT2D eigenvalue weighted by molar-refractivity contribution is -0.262. The highest BCUT2D eigenvalue weighted by Crippen LogP contribution is 2.32. The monoisotopic (exact) mass is 698 g/mol. The Hall–Kier alpha value is -4.74. The van der Waals surface area contributed by atoms with Crippen LogP contribution in [0.1, 0.15) is 46.8 Å². The van der Waals surface area contributed by atoms with Crippen LogP contribution in [0.25, 0.3) is 0 Å². The quantitative estimate of drug-likeness (QED) is 0.0821. The maximum absolute atomic E-state index is 12.3. The Morgan fingerprint density at radius 3 is 1.67 bits per heavy atom. The lowest BCUT2D eigenvalue weighted by Gasteiger charge is -2.45. The van der Waals surface area contributed by atoms with Gasteiger partial charge in [0.15, 0.2) is 6.61 Å². The molecule has 1 heterocycles. The highest BCUT2D eigenvalue weighted by molar-refractivity contribution is 5.90. The van der Waals surface area contributed by atoms with Crippen molar-refractivity contribution in [2.45, 2.75) is 70.1 Å². The van der Waals surface area contributed by atoms with Gasteiger partial charge in [-0.15, -0.1) is 0 Å². The predicted molar refractivity (Wildman–Crippen MR) is 189 cm³/mol. The molecular weight excluding hydrogens is 652 g/mol. The largest absolute Gasteiger partial charge is 0.493 e. The topological polar surface area (TPSA) is 108 Å². The second-order valence-corrected chi connectivity index (χ2v) is 12.2. The summed E-state index contributed by atoms with van der Waals surface area (Å²) in [6.07, 6.45) is -0.696. The third kappa shape index (κ3) is 11.4. The molecule has 270 valence electrons. The van der Waals surface area contributed by atoms with E-state index < -0.39 is 30.3 Å². The van der Waals surface area contributed by atoms with E-state index in [0.717, 1.165) is 16.7 Å². The molecule has 5 rings (SSSR count). The van der Waals surface area contributed by atoms with Crippen LogP contribution in [0.4, 0.5) is 0 Å². The van der Waals surface area contributed by atoms with E-state index in [2.05, 4.69) is 4.74 Å². The minimum atomic E-state index is -0.558. The highest BCUT2D eigenvalue weighted by atomic mass is 16.6. The first kappa shape index (κ1) is 37.5. The normalized spacial score (nSPS) is 19.9. The molecule has 0 amide bonds. The van der Waals surface area contributed by atoms with Crippen LogP contribution in [0.5, 0.6) is 11.5 Å². The van der Waals surface area contributed by atoms with E-state index in [1.165, 1.54) is 20.3 Å². The van der Waals surface area contributed by atoms with Crippen molar-refractivity contribution >= 4 is 11.9 Å². The Morgan fingerprint density at radius 1 is 0.627 bits per heavy atom. The van der Waals surface area contributed by atoms with Crippen LogP contribution in [0, 0.1) is 0 Å². The molecule has 0 aromatic heterocycles. The number of carbonyl (C=O) groups is 2. The number of benzene rings is 4. The molecule has 1 fully saturated rings. The number of ether oxygens (including phenoxy) is 8. The summed E-state index contributed by atoms with van der Waals surface area (Å²) in [5.74, 6) is -0.439. The Kier molecular flexibility index (Phi) is 14.4. The Bertz CT molecular complexity index is 1630. The number of carbonyl (C=O) groups excluding carboxylic acids is 2. The van der Waals surface area contributed by atoms with Crippen LogP contribution in [0.15, 0.2) is 109 Å². The minimum Gasteiger partial charge on any atom is -0.493 e. The summed E-state index contributed by atoms with van der Waals surface area (Å²) in [5.41, 5.74) is 3.38. The van der Waals surface area contributed by atoms with Crippen molar-refractivity contribution in [1.29, 1.82) is 0 Å². The second-order valence-electron chi connectivity index (χ2n) is 12.2. The van der Waals surface area contributed by atoms with Crippen LogP contribution >= 0.6 is 0 Å². The van der Waals surface area contributed by atoms with E-state index in [9.17, 15) is 9.59 Å². The summed E-state index contributed by atoms with van der Waals surface area (Å²) in [6.45, 7) is 3.18. The van der Waals surface area contributed by atoms with E-state index in [4.69, 9.17) is 33.2 Å². The van der Waals surface area contributed by atoms with Crippen molar-refractivity contribution in [3.8, 4) is 11.5 Å². The first-order chi connectivity index (χ1) is 24.9. The zero-order valence-corrected chi connectivity index (χ0v) is 29.3. The van der Waals surface area contributed by atoms with Crippen LogP contribution in [0.2, 0.25) is 0 Å². The SMILES string of the molecule is COC(=O)COc1cc(OCCC[C@@H]2O[C@@H](C)[C@@H](OCc3ccccc3)[C@@H](OCc3ccccc3)[C@@H]2OCc2ccccc2)cc(C(=O)OC)c1. The first-order valence-electron chi connectivity index (χ1n) is 17.1. The van der Waals surface area contributed by atoms with Crippen LogP contribution in [0.3, 0.4) is 0 Å². The molecule has 1 saturated heterocycles. The lowest BCUT2D eigenvalue weighted by Crippen LogP contribution is -2.59. The predicted octanol–water partition coefficient (Wildman–Crippen LogP) is 6.73. The van der Waals surface area contributed by atoms with Crippen LogP contribution in [-0.2, 0) is 53.0 Å². The minimum absolute atomic E-state index is 0.230. The Labute approximate surface area is 299 Å². The molecule has 5 atom stereocenters. The van der Waals surface area contributed by atoms with Gasteiger partial charge in [0.05, 0.1) is 58.4 Å². The molecule has 1 aliphatic rings. The summed E-state index contributed by atoms with van der Waals surface area (Å²) in [4.78, 5) is 24.0. The van der Waals surface area contributed by atoms with Gasteiger partial charge in [0.1, 0.15) is 29.8 Å². The second kappa shape index (κ2) is 19.6. The van der Waals surface area contributed by atoms with Gasteiger partial charge in [-0.3, -0.25) is 0 Å². The molecule has 4 aromatic rings. The molecule has 0 N–H and O–H groups in total. The molecule has 4 aromatic carbocycles. The summed E-state index contributed by atoms with van der Waals surface area (Å²) in [6, 6.07) is 34.8. The van der Waals surface area contributed by atoms with Crippen molar-refractivity contribution in [2.24, 2.45) is 0 Å². The maximum Gasteiger partial charge on any atom is 0.343 e. The van der Waals surface area contributed by atoms with Gasteiger partial charge >= 0.3 is 11.9 Å². The molecule has 0 saturated carbocycles. The first-order valence-corrected chi connectivity index (χ1v) is 17.1. The molecular formula is C41H46O10. The van der Waals surface area contributed by atoms with E-state index in [-0.39, 0.29) is 30.1 Å². The van der Waals surface area contributed by atoms with E-state index in [1.807, 2.05) is 97.9 Å².